The van der Waals surface area contributed by atoms with Crippen LogP contribution in [0.2, 0.25) is 0 Å². The molecule has 1 saturated carbocycles. The Bertz CT molecular complexity index is 338. The van der Waals surface area contributed by atoms with Gasteiger partial charge in [-0.15, -0.1) is 0 Å². The highest BCUT2D eigenvalue weighted by molar-refractivity contribution is 5.49. The van der Waals surface area contributed by atoms with Crippen molar-refractivity contribution in [3.63, 3.8) is 0 Å². The third-order valence-corrected chi connectivity index (χ3v) is 3.02. The van der Waals surface area contributed by atoms with Gasteiger partial charge in [0.25, 0.3) is 0 Å². The first-order chi connectivity index (χ1) is 6.68. The Kier molecular flexibility index (Phi) is 2.33. The molecule has 0 saturated heterocycles. The number of phenolic OH excluding ortho intramolecular Hbond substituents is 1. The molecule has 2 atom stereocenters. The van der Waals surface area contributed by atoms with Crippen LogP contribution in [0, 0.1) is 0 Å². The fourth-order valence-electron chi connectivity index (χ4n) is 2.24. The lowest BCUT2D eigenvalue weighted by Crippen LogP contribution is -2.22. The van der Waals surface area contributed by atoms with Gasteiger partial charge in [0, 0.05) is 23.2 Å². The number of phenols is 1. The standard InChI is InChI=1S/C11H16N2O/c12-7-4-5-11(14)9(6-7)8-2-1-3-10(8)13/h4-6,8,10,14H,1-3,12-13H2. The minimum absolute atomic E-state index is 0.169. The molecule has 0 aromatic heterocycles. The molecule has 0 bridgehead atoms. The summed E-state index contributed by atoms with van der Waals surface area (Å²) in [6.07, 6.45) is 3.23. The summed E-state index contributed by atoms with van der Waals surface area (Å²) in [6, 6.07) is 5.36. The van der Waals surface area contributed by atoms with Crippen LogP contribution in [-0.2, 0) is 0 Å². The van der Waals surface area contributed by atoms with Crippen LogP contribution < -0.4 is 11.5 Å². The monoisotopic (exact) mass is 192 g/mol. The molecule has 0 spiro atoms. The van der Waals surface area contributed by atoms with Gasteiger partial charge >= 0.3 is 0 Å². The van der Waals surface area contributed by atoms with Crippen molar-refractivity contribution in [3.05, 3.63) is 23.8 Å². The number of anilines is 1. The zero-order valence-corrected chi connectivity index (χ0v) is 8.11. The van der Waals surface area contributed by atoms with Gasteiger partial charge in [-0.3, -0.25) is 0 Å². The van der Waals surface area contributed by atoms with Crippen molar-refractivity contribution >= 4 is 5.69 Å². The van der Waals surface area contributed by atoms with E-state index in [1.807, 2.05) is 6.07 Å². The summed E-state index contributed by atoms with van der Waals surface area (Å²) in [6.45, 7) is 0. The highest BCUT2D eigenvalue weighted by atomic mass is 16.3. The van der Waals surface area contributed by atoms with Crippen molar-refractivity contribution in [2.75, 3.05) is 5.73 Å². The third kappa shape index (κ3) is 1.55. The summed E-state index contributed by atoms with van der Waals surface area (Å²) in [5.74, 6) is 0.597. The molecule has 0 heterocycles. The maximum absolute atomic E-state index is 9.70. The fourth-order valence-corrected chi connectivity index (χ4v) is 2.24. The van der Waals surface area contributed by atoms with Crippen LogP contribution in [0.15, 0.2) is 18.2 Å². The Hall–Kier alpha value is -1.22. The molecule has 1 aromatic carbocycles. The summed E-state index contributed by atoms with van der Waals surface area (Å²) in [5.41, 5.74) is 13.3. The van der Waals surface area contributed by atoms with Gasteiger partial charge in [0.15, 0.2) is 0 Å². The highest BCUT2D eigenvalue weighted by Crippen LogP contribution is 2.38. The van der Waals surface area contributed by atoms with Crippen molar-refractivity contribution in [2.45, 2.75) is 31.2 Å². The van der Waals surface area contributed by atoms with Crippen LogP contribution in [0.4, 0.5) is 5.69 Å². The van der Waals surface area contributed by atoms with Gasteiger partial charge in [-0.05, 0) is 31.0 Å². The van der Waals surface area contributed by atoms with E-state index in [9.17, 15) is 5.11 Å². The number of nitrogens with two attached hydrogens (primary N) is 2. The Morgan fingerprint density at radius 1 is 1.29 bits per heavy atom. The van der Waals surface area contributed by atoms with E-state index in [2.05, 4.69) is 0 Å². The average Bonchev–Trinajstić information content (AvgIpc) is 2.56. The van der Waals surface area contributed by atoms with E-state index in [0.717, 1.165) is 24.8 Å². The minimum Gasteiger partial charge on any atom is -0.508 e. The van der Waals surface area contributed by atoms with E-state index in [0.29, 0.717) is 11.4 Å². The molecule has 1 aliphatic carbocycles. The summed E-state index contributed by atoms with van der Waals surface area (Å²) >= 11 is 0. The topological polar surface area (TPSA) is 72.3 Å². The number of nitrogen functional groups attached to an aromatic ring is 1. The molecular formula is C11H16N2O. The fraction of sp³-hybridized carbons (Fsp3) is 0.455. The normalized spacial score (nSPS) is 26.6. The van der Waals surface area contributed by atoms with Crippen molar-refractivity contribution in [1.29, 1.82) is 0 Å². The van der Waals surface area contributed by atoms with Crippen LogP contribution in [0.1, 0.15) is 30.7 Å². The van der Waals surface area contributed by atoms with Crippen molar-refractivity contribution in [3.8, 4) is 5.75 Å². The van der Waals surface area contributed by atoms with Gasteiger partial charge in [-0.1, -0.05) is 6.42 Å². The van der Waals surface area contributed by atoms with Crippen molar-refractivity contribution in [1.82, 2.24) is 0 Å². The zero-order chi connectivity index (χ0) is 10.1. The molecule has 3 nitrogen and oxygen atoms in total. The van der Waals surface area contributed by atoms with Gasteiger partial charge in [-0.25, -0.2) is 0 Å². The maximum atomic E-state index is 9.70. The SMILES string of the molecule is Nc1ccc(O)c(C2CCCC2N)c1. The second-order valence-corrected chi connectivity index (χ2v) is 4.02. The second kappa shape index (κ2) is 3.50. The first-order valence-corrected chi connectivity index (χ1v) is 5.02. The van der Waals surface area contributed by atoms with Gasteiger partial charge in [0.1, 0.15) is 5.75 Å². The Labute approximate surface area is 83.7 Å². The number of hydrogen-bond acceptors (Lipinski definition) is 3. The molecule has 14 heavy (non-hydrogen) atoms. The number of hydrogen-bond donors (Lipinski definition) is 3. The lowest BCUT2D eigenvalue weighted by Gasteiger charge is -2.17. The molecule has 0 radical (unpaired) electrons. The lowest BCUT2D eigenvalue weighted by atomic mass is 9.93. The van der Waals surface area contributed by atoms with Crippen molar-refractivity contribution in [2.24, 2.45) is 5.73 Å². The van der Waals surface area contributed by atoms with Crippen LogP contribution in [0.3, 0.4) is 0 Å². The highest BCUT2D eigenvalue weighted by Gasteiger charge is 2.27. The van der Waals surface area contributed by atoms with Crippen LogP contribution in [-0.4, -0.2) is 11.1 Å². The van der Waals surface area contributed by atoms with Crippen LogP contribution in [0.5, 0.6) is 5.75 Å². The number of aromatic hydroxyl groups is 1. The predicted molar refractivity (Wildman–Crippen MR) is 57.1 cm³/mol. The summed E-state index contributed by atoms with van der Waals surface area (Å²) in [5, 5.41) is 9.70. The molecule has 2 unspecified atom stereocenters. The van der Waals surface area contributed by atoms with E-state index >= 15 is 0 Å². The molecule has 3 heteroatoms. The average molecular weight is 192 g/mol. The second-order valence-electron chi connectivity index (χ2n) is 4.02. The van der Waals surface area contributed by atoms with Crippen LogP contribution >= 0.6 is 0 Å². The Balaban J connectivity index is 2.34. The van der Waals surface area contributed by atoms with Gasteiger partial charge in [0.2, 0.25) is 0 Å². The molecule has 1 aliphatic rings. The summed E-state index contributed by atoms with van der Waals surface area (Å²) in [4.78, 5) is 0. The van der Waals surface area contributed by atoms with Gasteiger partial charge < -0.3 is 16.6 Å². The van der Waals surface area contributed by atoms with E-state index in [1.165, 1.54) is 0 Å². The summed E-state index contributed by atoms with van der Waals surface area (Å²) < 4.78 is 0. The number of benzene rings is 1. The predicted octanol–water partition coefficient (Wildman–Crippen LogP) is 1.57. The van der Waals surface area contributed by atoms with E-state index in [1.54, 1.807) is 12.1 Å². The Morgan fingerprint density at radius 2 is 2.07 bits per heavy atom. The quantitative estimate of drug-likeness (QED) is 0.467. The molecule has 76 valence electrons. The van der Waals surface area contributed by atoms with Gasteiger partial charge in [0.05, 0.1) is 0 Å². The molecule has 2 rings (SSSR count). The maximum Gasteiger partial charge on any atom is 0.119 e. The third-order valence-electron chi connectivity index (χ3n) is 3.02. The zero-order valence-electron chi connectivity index (χ0n) is 8.11. The molecule has 5 N–H and O–H groups in total. The Morgan fingerprint density at radius 3 is 2.71 bits per heavy atom. The number of rotatable bonds is 1. The van der Waals surface area contributed by atoms with E-state index < -0.39 is 0 Å². The largest absolute Gasteiger partial charge is 0.508 e. The molecule has 1 aromatic rings. The first-order valence-electron chi connectivity index (χ1n) is 5.02. The summed E-state index contributed by atoms with van der Waals surface area (Å²) in [7, 11) is 0. The van der Waals surface area contributed by atoms with Crippen molar-refractivity contribution < 1.29 is 5.11 Å². The lowest BCUT2D eigenvalue weighted by molar-refractivity contribution is 0.456. The molecular weight excluding hydrogens is 176 g/mol. The molecule has 1 fully saturated rings. The first kappa shape index (κ1) is 9.34. The van der Waals surface area contributed by atoms with Gasteiger partial charge in [-0.2, -0.15) is 0 Å². The minimum atomic E-state index is 0.169. The van der Waals surface area contributed by atoms with E-state index in [4.69, 9.17) is 11.5 Å². The molecule has 0 amide bonds. The van der Waals surface area contributed by atoms with E-state index in [-0.39, 0.29) is 12.0 Å². The van der Waals surface area contributed by atoms with Crippen LogP contribution in [0.25, 0.3) is 0 Å². The smallest absolute Gasteiger partial charge is 0.119 e. The molecule has 0 aliphatic heterocycles.